The van der Waals surface area contributed by atoms with E-state index in [-0.39, 0.29) is 35.5 Å². The summed E-state index contributed by atoms with van der Waals surface area (Å²) in [4.78, 5) is 34.2. The lowest BCUT2D eigenvalue weighted by Crippen LogP contribution is -2.11. The van der Waals surface area contributed by atoms with Gasteiger partial charge in [0.2, 0.25) is 0 Å². The molecule has 12 nitrogen and oxygen atoms in total. The monoisotopic (exact) mass is 1000 g/mol. The van der Waals surface area contributed by atoms with Crippen LogP contribution in [0.5, 0.6) is 0 Å². The van der Waals surface area contributed by atoms with Crippen molar-refractivity contribution in [3.05, 3.63) is 171 Å². The van der Waals surface area contributed by atoms with Crippen molar-refractivity contribution >= 4 is 11.6 Å². The minimum absolute atomic E-state index is 0.0263. The predicted molar refractivity (Wildman–Crippen MR) is 265 cm³/mol. The van der Waals surface area contributed by atoms with Crippen molar-refractivity contribution in [1.82, 2.24) is 49.7 Å². The molecule has 0 N–H and O–H groups in total. The summed E-state index contributed by atoms with van der Waals surface area (Å²) in [5.74, 6) is -0.0465. The van der Waals surface area contributed by atoms with Gasteiger partial charge < -0.3 is 0 Å². The molecule has 0 bridgehead atoms. The fourth-order valence-electron chi connectivity index (χ4n) is 8.03. The summed E-state index contributed by atoms with van der Waals surface area (Å²) in [7, 11) is 1.85. The molecule has 0 saturated heterocycles. The topological polar surface area (TPSA) is 139 Å². The lowest BCUT2D eigenvalue weighted by atomic mass is 9.95. The molecule has 0 spiro atoms. The summed E-state index contributed by atoms with van der Waals surface area (Å²) in [5, 5.41) is 21.1. The predicted octanol–water partition coefficient (Wildman–Crippen LogP) is 12.4. The van der Waals surface area contributed by atoms with E-state index in [1.807, 2.05) is 79.8 Å². The lowest BCUT2D eigenvalue weighted by Gasteiger charge is -2.13. The van der Waals surface area contributed by atoms with Gasteiger partial charge in [0.1, 0.15) is 17.7 Å². The van der Waals surface area contributed by atoms with E-state index in [1.165, 1.54) is 6.33 Å². The highest BCUT2D eigenvalue weighted by molar-refractivity contribution is 5.98. The van der Waals surface area contributed by atoms with Crippen molar-refractivity contribution in [2.24, 2.45) is 18.9 Å². The first-order valence-electron chi connectivity index (χ1n) is 23.8. The van der Waals surface area contributed by atoms with Crippen LogP contribution in [0.2, 0.25) is 0 Å². The molecule has 0 aliphatic heterocycles. The van der Waals surface area contributed by atoms with Gasteiger partial charge in [-0.1, -0.05) is 62.4 Å². The molecule has 8 aromatic rings. The summed E-state index contributed by atoms with van der Waals surface area (Å²) >= 11 is 0. The highest BCUT2D eigenvalue weighted by Crippen LogP contribution is 2.34. The number of ketones is 2. The zero-order valence-electron chi connectivity index (χ0n) is 41.8. The Morgan fingerprint density at radius 1 is 0.575 bits per heavy atom. The first kappa shape index (κ1) is 53.2. The summed E-state index contributed by atoms with van der Waals surface area (Å²) in [6.45, 7) is 13.8. The second-order valence-electron chi connectivity index (χ2n) is 19.1. The van der Waals surface area contributed by atoms with E-state index in [9.17, 15) is 35.9 Å². The maximum atomic E-state index is 13.5. The van der Waals surface area contributed by atoms with Crippen molar-refractivity contribution < 1.29 is 35.9 Å². The number of aromatic nitrogens is 10. The van der Waals surface area contributed by atoms with Crippen molar-refractivity contribution in [2.45, 2.75) is 99.3 Å². The number of hydrogen-bond donors (Lipinski definition) is 0. The highest BCUT2D eigenvalue weighted by atomic mass is 19.4. The first-order valence-corrected chi connectivity index (χ1v) is 23.8. The maximum Gasteiger partial charge on any atom is 0.416 e. The van der Waals surface area contributed by atoms with E-state index in [0.29, 0.717) is 63.9 Å². The summed E-state index contributed by atoms with van der Waals surface area (Å²) < 4.78 is 86.2. The molecule has 0 atom stereocenters. The minimum Gasteiger partial charge on any atom is -0.294 e. The number of nitrogens with zero attached hydrogens (tertiary/aromatic N) is 10. The molecule has 0 fully saturated rings. The molecular weight excluding hydrogens is 947 g/mol. The van der Waals surface area contributed by atoms with E-state index < -0.39 is 23.5 Å². The van der Waals surface area contributed by atoms with Gasteiger partial charge in [0.25, 0.3) is 0 Å². The van der Waals surface area contributed by atoms with Gasteiger partial charge in [-0.05, 0) is 140 Å². The molecule has 4 aromatic heterocycles. The zero-order valence-corrected chi connectivity index (χ0v) is 41.8. The van der Waals surface area contributed by atoms with Gasteiger partial charge in [-0.2, -0.15) is 31.4 Å². The molecule has 0 unspecified atom stereocenters. The molecule has 0 amide bonds. The molecule has 18 heteroatoms. The molecule has 4 aromatic carbocycles. The average molecular weight is 1000 g/mol. The van der Waals surface area contributed by atoms with Crippen LogP contribution in [0.1, 0.15) is 111 Å². The Bertz CT molecular complexity index is 3220. The zero-order chi connectivity index (χ0) is 52.8. The number of carbonyl (C=O) groups excluding carboxylic acids is 2. The Kier molecular flexibility index (Phi) is 16.3. The SMILES string of the molecule is Cc1ccc(CC(=O)c2cc(CCC(C)C)cc(C(F)(F)F)c2)cc1-n1cc(-c2cncnc2)nn1.Cc1ccc(CC(=O)c2cc(CCC(C)C)cc(C(F)(F)F)c2)cc1-n1cc(-c2cnn(C)c2C)nn1. The van der Waals surface area contributed by atoms with Crippen LogP contribution in [0.4, 0.5) is 26.3 Å². The van der Waals surface area contributed by atoms with Crippen molar-refractivity contribution in [2.75, 3.05) is 0 Å². The standard InChI is InChI=1S/C28H30F3N5O.C27H26F3N5O/c1-17(2)6-8-20-10-22(14-23(11-20)28(29,30)31)27(37)13-21-9-7-18(3)26(12-21)36-16-25(33-34-36)24-15-32-35(5)19(24)4;1-17(2)4-6-19-8-21(12-23(9-19)27(28,29)30)26(36)11-20-7-5-18(3)25(10-20)35-15-24(33-34-35)22-13-31-16-32-14-22/h7,9-12,14-17H,6,8,13H2,1-5H3;5,7-10,12-17H,4,6,11H2,1-3H3. The quantitative estimate of drug-likeness (QED) is 0.0683. The van der Waals surface area contributed by atoms with E-state index >= 15 is 0 Å². The highest BCUT2D eigenvalue weighted by Gasteiger charge is 2.33. The Labute approximate surface area is 419 Å². The number of Topliss-reactive ketones (excluding diaryl/α,β-unsaturated/α-hetero) is 2. The molecule has 73 heavy (non-hydrogen) atoms. The fourth-order valence-corrected chi connectivity index (χ4v) is 8.03. The summed E-state index contributed by atoms with van der Waals surface area (Å²) in [6, 6.07) is 18.3. The molecule has 380 valence electrons. The van der Waals surface area contributed by atoms with Crippen LogP contribution in [-0.4, -0.2) is 61.3 Å². The minimum atomic E-state index is -4.52. The van der Waals surface area contributed by atoms with Gasteiger partial charge in [0.05, 0.1) is 41.1 Å². The van der Waals surface area contributed by atoms with Crippen LogP contribution in [0.25, 0.3) is 33.9 Å². The number of alkyl halides is 6. The lowest BCUT2D eigenvalue weighted by molar-refractivity contribution is -0.138. The van der Waals surface area contributed by atoms with Gasteiger partial charge in [-0.15, -0.1) is 10.2 Å². The number of aryl methyl sites for hydroxylation is 5. The van der Waals surface area contributed by atoms with E-state index in [4.69, 9.17) is 0 Å². The molecule has 0 saturated carbocycles. The number of hydrogen-bond acceptors (Lipinski definition) is 9. The smallest absolute Gasteiger partial charge is 0.294 e. The molecule has 8 rings (SSSR count). The molecule has 0 radical (unpaired) electrons. The second-order valence-corrected chi connectivity index (χ2v) is 19.1. The molecule has 0 aliphatic carbocycles. The summed E-state index contributed by atoms with van der Waals surface area (Å²) in [5.41, 5.74) is 8.05. The van der Waals surface area contributed by atoms with E-state index in [0.717, 1.165) is 70.9 Å². The average Bonchev–Trinajstić information content (AvgIpc) is 4.12. The van der Waals surface area contributed by atoms with E-state index in [2.05, 4.69) is 35.7 Å². The molecular formula is C55H56F6N10O2. The molecule has 4 heterocycles. The number of halogens is 6. The van der Waals surface area contributed by atoms with Crippen LogP contribution in [0.15, 0.2) is 110 Å². The van der Waals surface area contributed by atoms with E-state index in [1.54, 1.807) is 69.3 Å². The molecule has 0 aliphatic rings. The van der Waals surface area contributed by atoms with Gasteiger partial charge in [-0.3, -0.25) is 14.3 Å². The van der Waals surface area contributed by atoms with Gasteiger partial charge in [0.15, 0.2) is 11.6 Å². The third kappa shape index (κ3) is 13.7. The van der Waals surface area contributed by atoms with Gasteiger partial charge in [-0.25, -0.2) is 19.3 Å². The van der Waals surface area contributed by atoms with Crippen molar-refractivity contribution in [1.29, 1.82) is 0 Å². The Morgan fingerprint density at radius 3 is 1.45 bits per heavy atom. The number of benzene rings is 4. The third-order valence-electron chi connectivity index (χ3n) is 12.4. The van der Waals surface area contributed by atoms with Crippen LogP contribution in [0, 0.1) is 32.6 Å². The normalized spacial score (nSPS) is 11.8. The first-order chi connectivity index (χ1) is 34.5. The van der Waals surface area contributed by atoms with Crippen LogP contribution in [0.3, 0.4) is 0 Å². The summed E-state index contributed by atoms with van der Waals surface area (Å²) in [6.07, 6.45) is 3.32. The number of rotatable bonds is 16. The van der Waals surface area contributed by atoms with Crippen LogP contribution >= 0.6 is 0 Å². The van der Waals surface area contributed by atoms with Gasteiger partial charge >= 0.3 is 12.4 Å². The van der Waals surface area contributed by atoms with Crippen molar-refractivity contribution in [3.8, 4) is 33.9 Å². The Balaban J connectivity index is 0.000000214. The Hall–Kier alpha value is -7.63. The Morgan fingerprint density at radius 2 is 1.03 bits per heavy atom. The van der Waals surface area contributed by atoms with Crippen LogP contribution < -0.4 is 0 Å². The van der Waals surface area contributed by atoms with Crippen LogP contribution in [-0.2, 0) is 45.1 Å². The third-order valence-corrected chi connectivity index (χ3v) is 12.4. The number of carbonyl (C=O) groups is 2. The maximum absolute atomic E-state index is 13.5. The second kappa shape index (κ2) is 22.4. The van der Waals surface area contributed by atoms with Crippen molar-refractivity contribution in [3.63, 3.8) is 0 Å². The fraction of sp³-hybridized carbons (Fsp3) is 0.327. The van der Waals surface area contributed by atoms with Gasteiger partial charge in [0, 0.05) is 60.2 Å². The largest absolute Gasteiger partial charge is 0.416 e.